The first-order chi connectivity index (χ1) is 12.7. The van der Waals surface area contributed by atoms with Crippen LogP contribution >= 0.6 is 0 Å². The fourth-order valence-electron chi connectivity index (χ4n) is 3.19. The van der Waals surface area contributed by atoms with E-state index in [1.807, 2.05) is 48.7 Å². The molecule has 1 fully saturated rings. The highest BCUT2D eigenvalue weighted by Crippen LogP contribution is 2.24. The second kappa shape index (κ2) is 7.27. The lowest BCUT2D eigenvalue weighted by Crippen LogP contribution is -2.32. The average Bonchev–Trinajstić information content (AvgIpc) is 3.41. The van der Waals surface area contributed by atoms with E-state index in [1.165, 1.54) is 12.8 Å². The fraction of sp³-hybridized carbons (Fsp3) is 0.300. The van der Waals surface area contributed by atoms with Crippen molar-refractivity contribution in [2.45, 2.75) is 37.9 Å². The summed E-state index contributed by atoms with van der Waals surface area (Å²) in [5, 5.41) is 18.4. The molecule has 1 unspecified atom stereocenters. The van der Waals surface area contributed by atoms with E-state index in [4.69, 9.17) is 0 Å². The Morgan fingerprint density at radius 2 is 2.00 bits per heavy atom. The van der Waals surface area contributed by atoms with Gasteiger partial charge < -0.3 is 5.32 Å². The molecule has 1 saturated carbocycles. The van der Waals surface area contributed by atoms with Gasteiger partial charge in [-0.15, -0.1) is 0 Å². The molecule has 0 bridgehead atoms. The highest BCUT2D eigenvalue weighted by atomic mass is 16.5. The number of hydroxylamine groups is 1. The normalized spacial score (nSPS) is 15.1. The van der Waals surface area contributed by atoms with E-state index in [1.54, 1.807) is 10.2 Å². The summed E-state index contributed by atoms with van der Waals surface area (Å²) in [4.78, 5) is 12.3. The number of carbonyl (C=O) groups excluding carboxylic acids is 1. The second-order valence-electron chi connectivity index (χ2n) is 6.80. The number of nitrogens with zero attached hydrogens (tertiary/aromatic N) is 2. The molecule has 4 rings (SSSR count). The van der Waals surface area contributed by atoms with E-state index >= 15 is 0 Å². The zero-order chi connectivity index (χ0) is 17.9. The number of nitrogens with one attached hydrogen (secondary N) is 2. The molecular weight excluding hydrogens is 328 g/mol. The van der Waals surface area contributed by atoms with E-state index in [9.17, 15) is 10.0 Å². The van der Waals surface area contributed by atoms with Gasteiger partial charge in [0.2, 0.25) is 0 Å². The number of benzene rings is 2. The molecule has 0 aliphatic heterocycles. The Hall–Kier alpha value is -2.70. The number of fused-ring (bicyclic) bond motifs is 1. The van der Waals surface area contributed by atoms with Gasteiger partial charge in [-0.25, -0.2) is 5.48 Å². The van der Waals surface area contributed by atoms with Gasteiger partial charge in [0.15, 0.2) is 0 Å². The third kappa shape index (κ3) is 3.61. The Balaban J connectivity index is 1.65. The van der Waals surface area contributed by atoms with Crippen molar-refractivity contribution in [3.63, 3.8) is 0 Å². The van der Waals surface area contributed by atoms with Crippen molar-refractivity contribution in [3.8, 4) is 0 Å². The Bertz CT molecular complexity index is 903. The minimum absolute atomic E-state index is 0.455. The zero-order valence-electron chi connectivity index (χ0n) is 14.4. The van der Waals surface area contributed by atoms with E-state index in [0.29, 0.717) is 12.5 Å². The molecule has 0 radical (unpaired) electrons. The lowest BCUT2D eigenvalue weighted by molar-refractivity contribution is -0.132. The molecule has 134 valence electrons. The largest absolute Gasteiger partial charge is 0.310 e. The van der Waals surface area contributed by atoms with Crippen molar-refractivity contribution < 1.29 is 10.0 Å². The van der Waals surface area contributed by atoms with Crippen LogP contribution in [0.25, 0.3) is 10.9 Å². The van der Waals surface area contributed by atoms with Gasteiger partial charge in [0.1, 0.15) is 6.04 Å². The molecule has 0 saturated heterocycles. The van der Waals surface area contributed by atoms with Crippen molar-refractivity contribution in [2.75, 3.05) is 0 Å². The predicted octanol–water partition coefficient (Wildman–Crippen LogP) is 2.58. The van der Waals surface area contributed by atoms with Gasteiger partial charge >= 0.3 is 0 Å². The topological polar surface area (TPSA) is 79.2 Å². The molecule has 6 nitrogen and oxygen atoms in total. The van der Waals surface area contributed by atoms with Gasteiger partial charge in [-0.1, -0.05) is 48.5 Å². The van der Waals surface area contributed by atoms with Crippen molar-refractivity contribution in [2.24, 2.45) is 0 Å². The van der Waals surface area contributed by atoms with Gasteiger partial charge in [-0.05, 0) is 24.0 Å². The highest BCUT2D eigenvalue weighted by molar-refractivity contribution is 5.83. The molecule has 1 atom stereocenters. The summed E-state index contributed by atoms with van der Waals surface area (Å²) >= 11 is 0. The number of aromatic nitrogens is 2. The second-order valence-corrected chi connectivity index (χ2v) is 6.80. The molecular formula is C20H22N4O2. The van der Waals surface area contributed by atoms with Gasteiger partial charge in [-0.2, -0.15) is 5.10 Å². The van der Waals surface area contributed by atoms with Gasteiger partial charge in [0.05, 0.1) is 5.52 Å². The zero-order valence-corrected chi connectivity index (χ0v) is 14.4. The van der Waals surface area contributed by atoms with Crippen LogP contribution in [0.5, 0.6) is 0 Å². The smallest absolute Gasteiger partial charge is 0.268 e. The molecule has 1 aliphatic carbocycles. The van der Waals surface area contributed by atoms with E-state index < -0.39 is 11.9 Å². The Labute approximate surface area is 151 Å². The monoisotopic (exact) mass is 350 g/mol. The lowest BCUT2D eigenvalue weighted by Gasteiger charge is -2.15. The molecule has 1 amide bonds. The SMILES string of the molecule is O=C(NO)C(Cc1ccccc1)n1cc2cccc(CNC3CC3)c2n1. The number of hydrogen-bond donors (Lipinski definition) is 3. The van der Waals surface area contributed by atoms with Crippen molar-refractivity contribution in [1.29, 1.82) is 0 Å². The summed E-state index contributed by atoms with van der Waals surface area (Å²) in [5.41, 5.74) is 4.80. The number of amides is 1. The number of hydrogen-bond acceptors (Lipinski definition) is 4. The molecule has 1 aliphatic rings. The molecule has 3 N–H and O–H groups in total. The number of carbonyl (C=O) groups is 1. The quantitative estimate of drug-likeness (QED) is 0.452. The van der Waals surface area contributed by atoms with Gasteiger partial charge in [0, 0.05) is 30.6 Å². The van der Waals surface area contributed by atoms with Gasteiger partial charge in [-0.3, -0.25) is 14.7 Å². The lowest BCUT2D eigenvalue weighted by atomic mass is 10.1. The van der Waals surface area contributed by atoms with Crippen molar-refractivity contribution >= 4 is 16.8 Å². The first kappa shape index (κ1) is 16.8. The molecule has 1 aromatic heterocycles. The maximum atomic E-state index is 12.3. The molecule has 2 aromatic carbocycles. The summed E-state index contributed by atoms with van der Waals surface area (Å²) in [6, 6.07) is 15.8. The minimum Gasteiger partial charge on any atom is -0.310 e. The number of rotatable bonds is 7. The maximum absolute atomic E-state index is 12.3. The third-order valence-electron chi connectivity index (χ3n) is 4.80. The molecule has 6 heteroatoms. The molecule has 0 spiro atoms. The summed E-state index contributed by atoms with van der Waals surface area (Å²) in [6.07, 6.45) is 4.80. The third-order valence-corrected chi connectivity index (χ3v) is 4.80. The average molecular weight is 350 g/mol. The Morgan fingerprint density at radius 1 is 1.19 bits per heavy atom. The predicted molar refractivity (Wildman–Crippen MR) is 98.7 cm³/mol. The summed E-state index contributed by atoms with van der Waals surface area (Å²) in [5.74, 6) is -0.473. The van der Waals surface area contributed by atoms with Crippen LogP contribution in [0.2, 0.25) is 0 Å². The summed E-state index contributed by atoms with van der Waals surface area (Å²) < 4.78 is 1.66. The Morgan fingerprint density at radius 3 is 2.73 bits per heavy atom. The maximum Gasteiger partial charge on any atom is 0.268 e. The summed E-state index contributed by atoms with van der Waals surface area (Å²) in [7, 11) is 0. The van der Waals surface area contributed by atoms with Crippen LogP contribution in [-0.4, -0.2) is 26.9 Å². The highest BCUT2D eigenvalue weighted by Gasteiger charge is 2.23. The van der Waals surface area contributed by atoms with Crippen LogP contribution in [-0.2, 0) is 17.8 Å². The van der Waals surface area contributed by atoms with E-state index in [-0.39, 0.29) is 0 Å². The standard InChI is InChI=1S/C20H22N4O2/c25-20(23-26)18(11-14-5-2-1-3-6-14)24-13-16-8-4-7-15(19(16)22-24)12-21-17-9-10-17/h1-8,13,17-18,21,26H,9-12H2,(H,23,25). The van der Waals surface area contributed by atoms with Crippen LogP contribution in [0.3, 0.4) is 0 Å². The Kier molecular flexibility index (Phi) is 4.69. The van der Waals surface area contributed by atoms with E-state index in [2.05, 4.69) is 16.5 Å². The molecule has 3 aromatic rings. The van der Waals surface area contributed by atoms with Gasteiger partial charge in [0.25, 0.3) is 5.91 Å². The fourth-order valence-corrected chi connectivity index (χ4v) is 3.19. The van der Waals surface area contributed by atoms with Crippen LogP contribution in [0.15, 0.2) is 54.7 Å². The van der Waals surface area contributed by atoms with Crippen molar-refractivity contribution in [1.82, 2.24) is 20.6 Å². The van der Waals surface area contributed by atoms with Crippen LogP contribution in [0.4, 0.5) is 0 Å². The molecule has 1 heterocycles. The summed E-state index contributed by atoms with van der Waals surface area (Å²) in [6.45, 7) is 0.772. The van der Waals surface area contributed by atoms with Crippen LogP contribution in [0.1, 0.15) is 30.0 Å². The van der Waals surface area contributed by atoms with Crippen LogP contribution < -0.4 is 10.8 Å². The molecule has 26 heavy (non-hydrogen) atoms. The van der Waals surface area contributed by atoms with Crippen LogP contribution in [0, 0.1) is 0 Å². The first-order valence-corrected chi connectivity index (χ1v) is 8.92. The van der Waals surface area contributed by atoms with E-state index in [0.717, 1.165) is 28.6 Å². The van der Waals surface area contributed by atoms with Crippen molar-refractivity contribution in [3.05, 3.63) is 65.9 Å². The first-order valence-electron chi connectivity index (χ1n) is 8.92. The minimum atomic E-state index is -0.612.